The highest BCUT2D eigenvalue weighted by atomic mass is 16.3. The Morgan fingerprint density at radius 3 is 0.292 bits per heavy atom. The quantitative estimate of drug-likeness (QED) is 0.0923. The molecule has 0 radical (unpaired) electrons. The minimum Gasteiger partial charge on any atom is -0.508 e. The molecule has 0 saturated carbocycles. The molecule has 0 aliphatic rings. The third kappa shape index (κ3) is 14.8. The number of rotatable bonds is 6. The average Bonchev–Trinajstić information content (AvgIpc) is 0.716. The summed E-state index contributed by atoms with van der Waals surface area (Å²) in [5.74, 6) is 40.8. The van der Waals surface area contributed by atoms with Crippen LogP contribution >= 0.6 is 0 Å². The molecule has 0 aliphatic carbocycles. The molecule has 13 rings (SSSR count). The van der Waals surface area contributed by atoms with E-state index in [0.29, 0.717) is 0 Å². The maximum atomic E-state index is 10.1. The Labute approximate surface area is 557 Å². The van der Waals surface area contributed by atoms with Crippen LogP contribution in [0.15, 0.2) is 291 Å². The van der Waals surface area contributed by atoms with Crippen molar-refractivity contribution in [3.8, 4) is 172 Å². The number of phenolic OH excluding ortho intramolecular Hbond substituents is 6. The van der Waals surface area contributed by atoms with Gasteiger partial charge in [-0.25, -0.2) is 0 Å². The third-order valence-electron chi connectivity index (χ3n) is 15.9. The van der Waals surface area contributed by atoms with Gasteiger partial charge in [0.2, 0.25) is 0 Å². The maximum absolute atomic E-state index is 10.1. The van der Waals surface area contributed by atoms with Crippen molar-refractivity contribution in [3.05, 3.63) is 358 Å². The van der Waals surface area contributed by atoms with E-state index in [0.717, 1.165) is 134 Å². The summed E-state index contributed by atoms with van der Waals surface area (Å²) >= 11 is 0. The molecular weight excluding hydrogens is 1180 g/mol. The van der Waals surface area contributed by atoms with E-state index in [4.69, 9.17) is 0 Å². The van der Waals surface area contributed by atoms with E-state index < -0.39 is 0 Å². The second-order valence-electron chi connectivity index (χ2n) is 22.5. The molecular formula is C90H54O6. The number of phenols is 6. The van der Waals surface area contributed by atoms with Crippen LogP contribution in [0, 0.1) is 71.0 Å². The van der Waals surface area contributed by atoms with Crippen LogP contribution in [0.3, 0.4) is 0 Å². The summed E-state index contributed by atoms with van der Waals surface area (Å²) in [4.78, 5) is 0. The third-order valence-corrected chi connectivity index (χ3v) is 15.9. The van der Waals surface area contributed by atoms with Gasteiger partial charge in [-0.05, 0) is 285 Å². The van der Waals surface area contributed by atoms with E-state index in [1.807, 2.05) is 72.8 Å². The Kier molecular flexibility index (Phi) is 17.8. The first-order chi connectivity index (χ1) is 47.0. The lowest BCUT2D eigenvalue weighted by Gasteiger charge is -2.29. The van der Waals surface area contributed by atoms with E-state index in [2.05, 4.69) is 144 Å². The Morgan fingerprint density at radius 1 is 0.115 bits per heavy atom. The molecule has 0 amide bonds. The summed E-state index contributed by atoms with van der Waals surface area (Å²) in [6.07, 6.45) is 0. The Morgan fingerprint density at radius 2 is 0.198 bits per heavy atom. The monoisotopic (exact) mass is 1230 g/mol. The van der Waals surface area contributed by atoms with Gasteiger partial charge in [-0.1, -0.05) is 144 Å². The smallest absolute Gasteiger partial charge is 0.115 e. The summed E-state index contributed by atoms with van der Waals surface area (Å²) < 4.78 is 0. The van der Waals surface area contributed by atoms with Gasteiger partial charge in [0.15, 0.2) is 0 Å². The normalized spacial score (nSPS) is 10.2. The van der Waals surface area contributed by atoms with Gasteiger partial charge >= 0.3 is 0 Å². The molecule has 6 heteroatoms. The minimum absolute atomic E-state index is 0.160. The van der Waals surface area contributed by atoms with E-state index in [1.165, 1.54) is 0 Å². The van der Waals surface area contributed by atoms with Gasteiger partial charge in [-0.15, -0.1) is 0 Å². The van der Waals surface area contributed by atoms with Crippen LogP contribution in [0.25, 0.3) is 66.8 Å². The molecule has 0 fully saturated rings. The van der Waals surface area contributed by atoms with E-state index in [9.17, 15) is 30.6 Å². The van der Waals surface area contributed by atoms with Crippen LogP contribution < -0.4 is 0 Å². The van der Waals surface area contributed by atoms with Crippen molar-refractivity contribution in [2.45, 2.75) is 0 Å². The zero-order valence-electron chi connectivity index (χ0n) is 51.4. The van der Waals surface area contributed by atoms with Crippen LogP contribution in [0.4, 0.5) is 0 Å². The summed E-state index contributed by atoms with van der Waals surface area (Å²) in [5, 5.41) is 60.4. The fourth-order valence-electron chi connectivity index (χ4n) is 10.9. The molecule has 450 valence electrons. The highest BCUT2D eigenvalue weighted by molar-refractivity contribution is 6.15. The number of benzene rings is 13. The summed E-state index contributed by atoms with van der Waals surface area (Å²) in [6, 6.07) is 90.8. The second-order valence-corrected chi connectivity index (χ2v) is 22.5. The summed E-state index contributed by atoms with van der Waals surface area (Å²) in [5.41, 5.74) is 20.0. The van der Waals surface area contributed by atoms with E-state index in [-0.39, 0.29) is 34.5 Å². The van der Waals surface area contributed by atoms with E-state index in [1.54, 1.807) is 146 Å². The van der Waals surface area contributed by atoms with Gasteiger partial charge in [0.25, 0.3) is 0 Å². The van der Waals surface area contributed by atoms with Gasteiger partial charge < -0.3 is 30.6 Å². The molecule has 0 saturated heterocycles. The molecule has 6 nitrogen and oxygen atoms in total. The molecule has 0 spiro atoms. The lowest BCUT2D eigenvalue weighted by atomic mass is 9.74. The first-order valence-electron chi connectivity index (χ1n) is 30.7. The highest BCUT2D eigenvalue weighted by Crippen LogP contribution is 2.56. The molecule has 0 unspecified atom stereocenters. The van der Waals surface area contributed by atoms with Crippen molar-refractivity contribution in [3.63, 3.8) is 0 Å². The van der Waals surface area contributed by atoms with Crippen molar-refractivity contribution in [1.82, 2.24) is 0 Å². The van der Waals surface area contributed by atoms with E-state index >= 15 is 0 Å². The van der Waals surface area contributed by atoms with Crippen LogP contribution in [0.2, 0.25) is 0 Å². The van der Waals surface area contributed by atoms with Gasteiger partial charge in [0.1, 0.15) is 34.5 Å². The second kappa shape index (κ2) is 28.0. The van der Waals surface area contributed by atoms with Crippen molar-refractivity contribution < 1.29 is 30.6 Å². The number of hydrogen-bond acceptors (Lipinski definition) is 6. The van der Waals surface area contributed by atoms with Crippen molar-refractivity contribution in [2.75, 3.05) is 0 Å². The minimum atomic E-state index is 0.160. The van der Waals surface area contributed by atoms with Crippen molar-refractivity contribution in [1.29, 1.82) is 0 Å². The molecule has 96 heavy (non-hydrogen) atoms. The zero-order chi connectivity index (χ0) is 65.7. The van der Waals surface area contributed by atoms with Crippen molar-refractivity contribution >= 4 is 0 Å². The predicted molar refractivity (Wildman–Crippen MR) is 384 cm³/mol. The van der Waals surface area contributed by atoms with Crippen LogP contribution in [0.5, 0.6) is 34.5 Å². The Bertz CT molecular complexity index is 4490. The Hall–Kier alpha value is -14.0. The number of aromatic hydroxyl groups is 6. The zero-order valence-corrected chi connectivity index (χ0v) is 51.4. The van der Waals surface area contributed by atoms with Gasteiger partial charge in [0.05, 0.1) is 0 Å². The summed E-state index contributed by atoms with van der Waals surface area (Å²) in [7, 11) is 0. The van der Waals surface area contributed by atoms with Gasteiger partial charge in [0, 0.05) is 66.8 Å². The molecule has 13 aromatic carbocycles. The van der Waals surface area contributed by atoms with Crippen LogP contribution in [-0.4, -0.2) is 30.6 Å². The summed E-state index contributed by atoms with van der Waals surface area (Å²) in [6.45, 7) is 0. The standard InChI is InChI=1S/C90H54O6/c91-79-49-25-67(26-50-79)7-1-61-13-37-73(38-14-61)85-86(74-39-15-62(16-40-74)2-8-68-27-51-80(92)52-28-68)88(76-43-19-64(20-44-76)4-10-70-31-55-82(94)56-32-70)90(78-47-23-66(24-48-78)6-12-72-35-59-84(96)60-36-72)89(77-45-21-65(22-46-77)5-11-71-33-57-83(95)58-34-71)87(85)75-41-17-63(18-42-75)3-9-69-29-53-81(93)54-30-69/h13-60,91-96H. The highest BCUT2D eigenvalue weighted by Gasteiger charge is 2.29. The number of hydrogen-bond donors (Lipinski definition) is 6. The molecule has 0 heterocycles. The van der Waals surface area contributed by atoms with Gasteiger partial charge in [-0.3, -0.25) is 0 Å². The lowest BCUT2D eigenvalue weighted by Crippen LogP contribution is -2.02. The van der Waals surface area contributed by atoms with Crippen LogP contribution in [-0.2, 0) is 0 Å². The largest absolute Gasteiger partial charge is 0.508 e. The molecule has 13 aromatic rings. The topological polar surface area (TPSA) is 121 Å². The molecule has 0 bridgehead atoms. The SMILES string of the molecule is Oc1ccc(C#Cc2ccc(-c3c(-c4ccc(C#Cc5ccc(O)cc5)cc4)c(-c4ccc(C#Cc5ccc(O)cc5)cc4)c(-c4ccc(C#Cc5ccc(O)cc5)cc4)c(-c4ccc(C#Cc5ccc(O)cc5)cc4)c3-c3ccc(C#Cc4ccc(O)cc4)cc3)cc2)cc1. The fraction of sp³-hybridized carbons (Fsp3) is 0. The predicted octanol–water partition coefficient (Wildman–Crippen LogP) is 18.3. The van der Waals surface area contributed by atoms with Crippen molar-refractivity contribution in [2.24, 2.45) is 0 Å². The molecule has 6 N–H and O–H groups in total. The van der Waals surface area contributed by atoms with Gasteiger partial charge in [-0.2, -0.15) is 0 Å². The van der Waals surface area contributed by atoms with Crippen LogP contribution in [0.1, 0.15) is 66.8 Å². The Balaban J connectivity index is 1.12. The molecule has 0 atom stereocenters. The molecule has 0 aromatic heterocycles. The lowest BCUT2D eigenvalue weighted by molar-refractivity contribution is 0.474. The maximum Gasteiger partial charge on any atom is 0.115 e. The average molecular weight is 1230 g/mol. The first-order valence-corrected chi connectivity index (χ1v) is 30.7. The molecule has 0 aliphatic heterocycles. The first kappa shape index (κ1) is 60.9. The fourth-order valence-corrected chi connectivity index (χ4v) is 10.9.